The van der Waals surface area contributed by atoms with Gasteiger partial charge in [0.25, 0.3) is 10.0 Å². The Hall–Kier alpha value is -3.47. The van der Waals surface area contributed by atoms with Crippen molar-refractivity contribution in [1.82, 2.24) is 10.2 Å². The van der Waals surface area contributed by atoms with Gasteiger partial charge in [0.15, 0.2) is 11.5 Å². The van der Waals surface area contributed by atoms with Crippen LogP contribution in [0.5, 0.6) is 11.5 Å². The van der Waals surface area contributed by atoms with Gasteiger partial charge >= 0.3 is 0 Å². The number of anilines is 1. The Labute approximate surface area is 270 Å². The highest BCUT2D eigenvalue weighted by Crippen LogP contribution is 2.34. The van der Waals surface area contributed by atoms with Crippen LogP contribution in [0.2, 0.25) is 10.0 Å². The van der Waals surface area contributed by atoms with Gasteiger partial charge in [0.1, 0.15) is 12.6 Å². The molecule has 0 bridgehead atoms. The minimum atomic E-state index is -4.27. The molecule has 238 valence electrons. The maximum atomic E-state index is 14.3. The monoisotopic (exact) mass is 663 g/mol. The number of sulfonamides is 1. The van der Waals surface area contributed by atoms with Crippen LogP contribution in [0.4, 0.5) is 5.69 Å². The van der Waals surface area contributed by atoms with Gasteiger partial charge in [-0.1, -0.05) is 67.7 Å². The number of methoxy groups -OCH3 is 2. The van der Waals surface area contributed by atoms with Crippen LogP contribution in [0, 0.1) is 12.8 Å². The number of nitrogens with zero attached hydrogens (tertiary/aromatic N) is 2. The number of benzene rings is 3. The predicted octanol–water partition coefficient (Wildman–Crippen LogP) is 6.09. The minimum Gasteiger partial charge on any atom is -0.493 e. The van der Waals surface area contributed by atoms with Crippen LogP contribution in [-0.2, 0) is 26.2 Å². The van der Waals surface area contributed by atoms with E-state index in [0.29, 0.717) is 27.9 Å². The summed E-state index contributed by atoms with van der Waals surface area (Å²) in [5.41, 5.74) is 1.49. The number of halogens is 2. The van der Waals surface area contributed by atoms with Crippen LogP contribution in [0.15, 0.2) is 65.6 Å². The summed E-state index contributed by atoms with van der Waals surface area (Å²) in [4.78, 5) is 29.0. The van der Waals surface area contributed by atoms with Crippen molar-refractivity contribution in [3.8, 4) is 11.5 Å². The van der Waals surface area contributed by atoms with Crippen molar-refractivity contribution in [1.29, 1.82) is 0 Å². The number of ether oxygens (including phenoxy) is 2. The zero-order chi connectivity index (χ0) is 32.6. The Morgan fingerprint density at radius 1 is 0.932 bits per heavy atom. The summed E-state index contributed by atoms with van der Waals surface area (Å²) >= 11 is 13.0. The molecule has 0 aliphatic carbocycles. The average Bonchev–Trinajstić information content (AvgIpc) is 2.99. The Kier molecular flexibility index (Phi) is 12.3. The van der Waals surface area contributed by atoms with Gasteiger partial charge in [-0.25, -0.2) is 8.42 Å². The van der Waals surface area contributed by atoms with E-state index in [1.54, 1.807) is 43.3 Å². The largest absolute Gasteiger partial charge is 0.493 e. The first-order valence-electron chi connectivity index (χ1n) is 14.1. The number of rotatable bonds is 14. The van der Waals surface area contributed by atoms with Gasteiger partial charge in [0.05, 0.1) is 24.8 Å². The topological polar surface area (TPSA) is 105 Å². The third kappa shape index (κ3) is 8.37. The second kappa shape index (κ2) is 15.5. The van der Waals surface area contributed by atoms with Gasteiger partial charge in [-0.05, 0) is 55.7 Å². The SMILES string of the molecule is CC[C@H](C(=O)NCC(C)C)N(Cc1c(Cl)cccc1Cl)C(=O)CN(c1ccc(OC)c(OC)c1)S(=O)(=O)c1ccc(C)cc1. The highest BCUT2D eigenvalue weighted by molar-refractivity contribution is 7.92. The molecule has 1 N–H and O–H groups in total. The lowest BCUT2D eigenvalue weighted by Gasteiger charge is -2.33. The van der Waals surface area contributed by atoms with Crippen LogP contribution < -0.4 is 19.1 Å². The van der Waals surface area contributed by atoms with Crippen LogP contribution in [-0.4, -0.2) is 58.5 Å². The van der Waals surface area contributed by atoms with Crippen molar-refractivity contribution in [2.45, 2.75) is 51.6 Å². The number of hydrogen-bond acceptors (Lipinski definition) is 6. The number of carbonyl (C=O) groups excluding carboxylic acids is 2. The van der Waals surface area contributed by atoms with Crippen LogP contribution in [0.1, 0.15) is 38.3 Å². The molecule has 3 aromatic rings. The highest BCUT2D eigenvalue weighted by Gasteiger charge is 2.34. The molecule has 0 spiro atoms. The lowest BCUT2D eigenvalue weighted by molar-refractivity contribution is -0.140. The third-order valence-electron chi connectivity index (χ3n) is 7.00. The average molecular weight is 665 g/mol. The first-order valence-corrected chi connectivity index (χ1v) is 16.3. The molecule has 0 saturated carbocycles. The third-order valence-corrected chi connectivity index (χ3v) is 9.50. The quantitative estimate of drug-likeness (QED) is 0.224. The summed E-state index contributed by atoms with van der Waals surface area (Å²) in [6.45, 7) is 7.22. The molecule has 3 rings (SSSR count). The lowest BCUT2D eigenvalue weighted by Crippen LogP contribution is -2.52. The molecule has 0 saturated heterocycles. The van der Waals surface area contributed by atoms with Gasteiger partial charge in [0.2, 0.25) is 11.8 Å². The van der Waals surface area contributed by atoms with Crippen LogP contribution >= 0.6 is 23.2 Å². The maximum Gasteiger partial charge on any atom is 0.264 e. The van der Waals surface area contributed by atoms with Crippen molar-refractivity contribution < 1.29 is 27.5 Å². The van der Waals surface area contributed by atoms with E-state index in [1.807, 2.05) is 20.8 Å². The number of nitrogens with one attached hydrogen (secondary N) is 1. The molecular weight excluding hydrogens is 625 g/mol. The van der Waals surface area contributed by atoms with Crippen LogP contribution in [0.3, 0.4) is 0 Å². The van der Waals surface area contributed by atoms with E-state index in [-0.39, 0.29) is 41.1 Å². The maximum absolute atomic E-state index is 14.3. The van der Waals surface area contributed by atoms with E-state index in [1.165, 1.54) is 43.4 Å². The van der Waals surface area contributed by atoms with E-state index in [0.717, 1.165) is 9.87 Å². The van der Waals surface area contributed by atoms with E-state index in [4.69, 9.17) is 32.7 Å². The molecular formula is C32H39Cl2N3O6S. The zero-order valence-corrected chi connectivity index (χ0v) is 28.1. The second-order valence-electron chi connectivity index (χ2n) is 10.6. The molecule has 2 amide bonds. The smallest absolute Gasteiger partial charge is 0.264 e. The summed E-state index contributed by atoms with van der Waals surface area (Å²) in [6.07, 6.45) is 0.263. The standard InChI is InChI=1S/C32H39Cl2N3O6S/c1-7-28(32(39)35-18-21(2)3)36(19-25-26(33)9-8-10-27(25)34)31(38)20-37(23-13-16-29(42-5)30(17-23)43-6)44(40,41)24-14-11-22(4)12-15-24/h8-17,21,28H,7,18-20H2,1-6H3,(H,35,39)/t28-/m1/s1. The van der Waals surface area contributed by atoms with Gasteiger partial charge in [-0.2, -0.15) is 0 Å². The fourth-order valence-corrected chi connectivity index (χ4v) is 6.46. The van der Waals surface area contributed by atoms with E-state index >= 15 is 0 Å². The summed E-state index contributed by atoms with van der Waals surface area (Å²) in [5, 5.41) is 3.53. The first-order chi connectivity index (χ1) is 20.8. The van der Waals surface area contributed by atoms with Gasteiger partial charge in [-0.15, -0.1) is 0 Å². The molecule has 3 aromatic carbocycles. The Morgan fingerprint density at radius 3 is 2.09 bits per heavy atom. The molecule has 9 nitrogen and oxygen atoms in total. The van der Waals surface area contributed by atoms with E-state index in [2.05, 4.69) is 5.32 Å². The zero-order valence-electron chi connectivity index (χ0n) is 25.8. The van der Waals surface area contributed by atoms with Crippen molar-refractivity contribution in [2.24, 2.45) is 5.92 Å². The summed E-state index contributed by atoms with van der Waals surface area (Å²) < 4.78 is 40.0. The Balaban J connectivity index is 2.14. The first kappa shape index (κ1) is 35.0. The minimum absolute atomic E-state index is 0.00639. The normalized spacial score (nSPS) is 12.0. The predicted molar refractivity (Wildman–Crippen MR) is 174 cm³/mol. The van der Waals surface area contributed by atoms with E-state index in [9.17, 15) is 18.0 Å². The molecule has 0 aliphatic heterocycles. The number of aryl methyl sites for hydroxylation is 1. The molecule has 0 fully saturated rings. The summed E-state index contributed by atoms with van der Waals surface area (Å²) in [5.74, 6) is -0.146. The van der Waals surface area contributed by atoms with Gasteiger partial charge in [0, 0.05) is 34.8 Å². The fourth-order valence-electron chi connectivity index (χ4n) is 4.54. The molecule has 0 aromatic heterocycles. The summed E-state index contributed by atoms with van der Waals surface area (Å²) in [6, 6.07) is 14.9. The Bertz CT molecular complexity index is 1540. The van der Waals surface area contributed by atoms with Gasteiger partial charge in [-0.3, -0.25) is 13.9 Å². The molecule has 44 heavy (non-hydrogen) atoms. The van der Waals surface area contributed by atoms with Crippen molar-refractivity contribution in [3.05, 3.63) is 81.8 Å². The lowest BCUT2D eigenvalue weighted by atomic mass is 10.1. The molecule has 0 unspecified atom stereocenters. The molecule has 0 radical (unpaired) electrons. The summed E-state index contributed by atoms with van der Waals surface area (Å²) in [7, 11) is -1.37. The van der Waals surface area contributed by atoms with Crippen molar-refractivity contribution in [3.63, 3.8) is 0 Å². The van der Waals surface area contributed by atoms with Crippen LogP contribution in [0.25, 0.3) is 0 Å². The molecule has 1 atom stereocenters. The Morgan fingerprint density at radius 2 is 1.55 bits per heavy atom. The molecule has 0 aliphatic rings. The molecule has 12 heteroatoms. The number of hydrogen-bond donors (Lipinski definition) is 1. The highest BCUT2D eigenvalue weighted by atomic mass is 35.5. The van der Waals surface area contributed by atoms with Crippen molar-refractivity contribution >= 4 is 50.7 Å². The number of carbonyl (C=O) groups is 2. The van der Waals surface area contributed by atoms with Crippen molar-refractivity contribution in [2.75, 3.05) is 31.6 Å². The number of amides is 2. The molecule has 0 heterocycles. The van der Waals surface area contributed by atoms with E-state index < -0.39 is 28.5 Å². The van der Waals surface area contributed by atoms with Gasteiger partial charge < -0.3 is 19.7 Å². The second-order valence-corrected chi connectivity index (χ2v) is 13.3. The fraction of sp³-hybridized carbons (Fsp3) is 0.375.